The lowest BCUT2D eigenvalue weighted by Gasteiger charge is -2.28. The predicted molar refractivity (Wildman–Crippen MR) is 56.2 cm³/mol. The van der Waals surface area contributed by atoms with Crippen LogP contribution in [-0.2, 0) is 14.3 Å². The Labute approximate surface area is 90.4 Å². The highest BCUT2D eigenvalue weighted by Crippen LogP contribution is 2.27. The standard InChI is InChI=1S/C11H19NO3/c1-7-6-11(5,12-8(7)13)9(14)15-10(2,3)4/h7H,6H2,1-5H3,(H,12,13)/t7-,11-/m0/s1. The van der Waals surface area contributed by atoms with Gasteiger partial charge in [-0.3, -0.25) is 4.79 Å². The zero-order chi connectivity index (χ0) is 11.9. The van der Waals surface area contributed by atoms with Crippen molar-refractivity contribution in [1.29, 1.82) is 0 Å². The number of ether oxygens (including phenoxy) is 1. The lowest BCUT2D eigenvalue weighted by atomic mass is 9.95. The average molecular weight is 213 g/mol. The molecule has 4 heteroatoms. The van der Waals surface area contributed by atoms with Gasteiger partial charge in [0.2, 0.25) is 5.91 Å². The van der Waals surface area contributed by atoms with Crippen LogP contribution in [0.3, 0.4) is 0 Å². The largest absolute Gasteiger partial charge is 0.458 e. The van der Waals surface area contributed by atoms with Gasteiger partial charge in [0, 0.05) is 5.92 Å². The van der Waals surface area contributed by atoms with Gasteiger partial charge < -0.3 is 10.1 Å². The molecule has 0 radical (unpaired) electrons. The molecule has 1 heterocycles. The zero-order valence-corrected chi connectivity index (χ0v) is 10.0. The van der Waals surface area contributed by atoms with Gasteiger partial charge in [0.1, 0.15) is 11.1 Å². The Kier molecular flexibility index (Phi) is 2.81. The fraction of sp³-hybridized carbons (Fsp3) is 0.818. The molecule has 1 fully saturated rings. The fourth-order valence-corrected chi connectivity index (χ4v) is 1.68. The Morgan fingerprint density at radius 2 is 2.07 bits per heavy atom. The highest BCUT2D eigenvalue weighted by Gasteiger charge is 2.46. The van der Waals surface area contributed by atoms with E-state index in [0.717, 1.165) is 0 Å². The normalized spacial score (nSPS) is 31.3. The number of hydrogen-bond donors (Lipinski definition) is 1. The minimum Gasteiger partial charge on any atom is -0.458 e. The van der Waals surface area contributed by atoms with E-state index in [1.165, 1.54) is 0 Å². The van der Waals surface area contributed by atoms with Crippen molar-refractivity contribution in [3.8, 4) is 0 Å². The lowest BCUT2D eigenvalue weighted by molar-refractivity contribution is -0.162. The molecule has 15 heavy (non-hydrogen) atoms. The molecule has 1 amide bonds. The predicted octanol–water partition coefficient (Wildman–Crippen LogP) is 1.24. The molecule has 1 aliphatic heterocycles. The highest BCUT2D eigenvalue weighted by molar-refractivity contribution is 5.92. The molecule has 0 bridgehead atoms. The van der Waals surface area contributed by atoms with E-state index in [0.29, 0.717) is 6.42 Å². The van der Waals surface area contributed by atoms with Crippen LogP contribution in [0, 0.1) is 5.92 Å². The summed E-state index contributed by atoms with van der Waals surface area (Å²) in [6.45, 7) is 8.96. The van der Waals surface area contributed by atoms with Crippen LogP contribution in [-0.4, -0.2) is 23.0 Å². The first-order chi connectivity index (χ1) is 6.64. The summed E-state index contributed by atoms with van der Waals surface area (Å²) < 4.78 is 5.27. The van der Waals surface area contributed by atoms with E-state index in [9.17, 15) is 9.59 Å². The number of carbonyl (C=O) groups is 2. The molecule has 1 rings (SSSR count). The molecule has 2 atom stereocenters. The lowest BCUT2D eigenvalue weighted by Crippen LogP contribution is -2.49. The van der Waals surface area contributed by atoms with Crippen molar-refractivity contribution in [2.24, 2.45) is 5.92 Å². The second-order valence-corrected chi connectivity index (χ2v) is 5.43. The van der Waals surface area contributed by atoms with Gasteiger partial charge in [-0.2, -0.15) is 0 Å². The van der Waals surface area contributed by atoms with Crippen LogP contribution in [0.1, 0.15) is 41.0 Å². The van der Waals surface area contributed by atoms with Crippen molar-refractivity contribution in [3.05, 3.63) is 0 Å². The molecule has 1 aliphatic rings. The highest BCUT2D eigenvalue weighted by atomic mass is 16.6. The smallest absolute Gasteiger partial charge is 0.332 e. The first-order valence-corrected chi connectivity index (χ1v) is 5.19. The molecule has 0 aromatic carbocycles. The van der Waals surface area contributed by atoms with Crippen molar-refractivity contribution in [1.82, 2.24) is 5.32 Å². The van der Waals surface area contributed by atoms with Crippen LogP contribution in [0.2, 0.25) is 0 Å². The first kappa shape index (κ1) is 12.0. The number of hydrogen-bond acceptors (Lipinski definition) is 3. The quantitative estimate of drug-likeness (QED) is 0.667. The van der Waals surface area contributed by atoms with Gasteiger partial charge in [0.05, 0.1) is 0 Å². The van der Waals surface area contributed by atoms with Crippen LogP contribution >= 0.6 is 0 Å². The SMILES string of the molecule is C[C@H]1C[C@@](C)(C(=O)OC(C)(C)C)NC1=O. The summed E-state index contributed by atoms with van der Waals surface area (Å²) in [7, 11) is 0. The Bertz CT molecular complexity index is 293. The van der Waals surface area contributed by atoms with E-state index >= 15 is 0 Å². The number of amides is 1. The summed E-state index contributed by atoms with van der Waals surface area (Å²) in [5.41, 5.74) is -1.37. The Hall–Kier alpha value is -1.06. The monoisotopic (exact) mass is 213 g/mol. The van der Waals surface area contributed by atoms with E-state index in [2.05, 4.69) is 5.32 Å². The number of esters is 1. The summed E-state index contributed by atoms with van der Waals surface area (Å²) in [4.78, 5) is 23.2. The summed E-state index contributed by atoms with van der Waals surface area (Å²) in [5, 5.41) is 2.69. The summed E-state index contributed by atoms with van der Waals surface area (Å²) >= 11 is 0. The summed E-state index contributed by atoms with van der Waals surface area (Å²) in [6.07, 6.45) is 0.501. The topological polar surface area (TPSA) is 55.4 Å². The van der Waals surface area contributed by atoms with Crippen molar-refractivity contribution in [2.45, 2.75) is 52.2 Å². The molecule has 1 N–H and O–H groups in total. The summed E-state index contributed by atoms with van der Waals surface area (Å²) in [6, 6.07) is 0. The van der Waals surface area contributed by atoms with Gasteiger partial charge in [-0.1, -0.05) is 6.92 Å². The maximum absolute atomic E-state index is 11.8. The molecule has 0 aromatic heterocycles. The van der Waals surface area contributed by atoms with Crippen LogP contribution in [0.25, 0.3) is 0 Å². The van der Waals surface area contributed by atoms with Gasteiger partial charge in [-0.25, -0.2) is 4.79 Å². The molecule has 4 nitrogen and oxygen atoms in total. The van der Waals surface area contributed by atoms with Crippen LogP contribution in [0.5, 0.6) is 0 Å². The van der Waals surface area contributed by atoms with E-state index in [1.54, 1.807) is 6.92 Å². The van der Waals surface area contributed by atoms with Gasteiger partial charge in [0.25, 0.3) is 0 Å². The fourth-order valence-electron chi connectivity index (χ4n) is 1.68. The van der Waals surface area contributed by atoms with E-state index < -0.39 is 11.1 Å². The van der Waals surface area contributed by atoms with E-state index in [1.807, 2.05) is 27.7 Å². The molecule has 0 aromatic rings. The van der Waals surface area contributed by atoms with Crippen LogP contribution in [0.15, 0.2) is 0 Å². The first-order valence-electron chi connectivity index (χ1n) is 5.19. The number of carbonyl (C=O) groups excluding carboxylic acids is 2. The third-order valence-corrected chi connectivity index (χ3v) is 2.41. The second kappa shape index (κ2) is 3.51. The van der Waals surface area contributed by atoms with Gasteiger partial charge in [-0.05, 0) is 34.1 Å². The van der Waals surface area contributed by atoms with Crippen molar-refractivity contribution in [2.75, 3.05) is 0 Å². The van der Waals surface area contributed by atoms with Gasteiger partial charge >= 0.3 is 5.97 Å². The van der Waals surface area contributed by atoms with Gasteiger partial charge in [-0.15, -0.1) is 0 Å². The number of rotatable bonds is 1. The van der Waals surface area contributed by atoms with Crippen molar-refractivity contribution in [3.63, 3.8) is 0 Å². The Morgan fingerprint density at radius 3 is 2.40 bits per heavy atom. The second-order valence-electron chi connectivity index (χ2n) is 5.43. The maximum Gasteiger partial charge on any atom is 0.332 e. The molecule has 1 saturated heterocycles. The molecule has 0 unspecified atom stereocenters. The third-order valence-electron chi connectivity index (χ3n) is 2.41. The molecular formula is C11H19NO3. The Balaban J connectivity index is 2.72. The summed E-state index contributed by atoms with van der Waals surface area (Å²) in [5.74, 6) is -0.557. The third kappa shape index (κ3) is 2.70. The molecular weight excluding hydrogens is 194 g/mol. The minimum absolute atomic E-state index is 0.0802. The van der Waals surface area contributed by atoms with E-state index in [-0.39, 0.29) is 17.8 Å². The molecule has 86 valence electrons. The van der Waals surface area contributed by atoms with Crippen molar-refractivity contribution < 1.29 is 14.3 Å². The van der Waals surface area contributed by atoms with E-state index in [4.69, 9.17) is 4.74 Å². The van der Waals surface area contributed by atoms with Crippen LogP contribution < -0.4 is 5.32 Å². The minimum atomic E-state index is -0.857. The van der Waals surface area contributed by atoms with Crippen LogP contribution in [0.4, 0.5) is 0 Å². The molecule has 0 saturated carbocycles. The average Bonchev–Trinajstić information content (AvgIpc) is 2.24. The zero-order valence-electron chi connectivity index (χ0n) is 10.0. The van der Waals surface area contributed by atoms with Gasteiger partial charge in [0.15, 0.2) is 0 Å². The number of nitrogens with one attached hydrogen (secondary N) is 1. The van der Waals surface area contributed by atoms with Crippen molar-refractivity contribution >= 4 is 11.9 Å². The molecule has 0 aliphatic carbocycles. The Morgan fingerprint density at radius 1 is 1.53 bits per heavy atom. The maximum atomic E-state index is 11.8. The molecule has 0 spiro atoms.